The molecule has 0 aromatic heterocycles. The van der Waals surface area contributed by atoms with E-state index in [1.54, 1.807) is 0 Å². The minimum atomic E-state index is -3.93. The highest BCUT2D eigenvalue weighted by Gasteiger charge is 2.51. The van der Waals surface area contributed by atoms with Crippen molar-refractivity contribution in [2.45, 2.75) is 36.1 Å². The van der Waals surface area contributed by atoms with Gasteiger partial charge in [0.1, 0.15) is 0 Å². The Labute approximate surface area is 129 Å². The fourth-order valence-electron chi connectivity index (χ4n) is 3.68. The van der Waals surface area contributed by atoms with Crippen molar-refractivity contribution in [2.24, 2.45) is 11.7 Å². The van der Waals surface area contributed by atoms with Crippen LogP contribution in [0.4, 0.5) is 5.69 Å². The Bertz CT molecular complexity index is 696. The number of nitrogens with zero attached hydrogens (tertiary/aromatic N) is 2. The molecule has 7 nitrogen and oxygen atoms in total. The molecule has 3 aliphatic rings. The number of sulfonamides is 1. The maximum Gasteiger partial charge on any atom is 0.289 e. The van der Waals surface area contributed by atoms with Crippen molar-refractivity contribution in [2.75, 3.05) is 13.1 Å². The predicted molar refractivity (Wildman–Crippen MR) is 80.7 cm³/mol. The molecule has 2 N–H and O–H groups in total. The van der Waals surface area contributed by atoms with Gasteiger partial charge in [0.2, 0.25) is 10.0 Å². The van der Waals surface area contributed by atoms with Gasteiger partial charge >= 0.3 is 0 Å². The van der Waals surface area contributed by atoms with Crippen LogP contribution in [0.2, 0.25) is 0 Å². The summed E-state index contributed by atoms with van der Waals surface area (Å²) in [6.45, 7) is 0.658. The lowest BCUT2D eigenvalue weighted by Gasteiger charge is -2.53. The van der Waals surface area contributed by atoms with Crippen LogP contribution in [0, 0.1) is 16.0 Å². The van der Waals surface area contributed by atoms with Crippen LogP contribution in [0.1, 0.15) is 25.7 Å². The zero-order valence-corrected chi connectivity index (χ0v) is 13.0. The van der Waals surface area contributed by atoms with E-state index in [9.17, 15) is 18.5 Å². The highest BCUT2D eigenvalue weighted by molar-refractivity contribution is 7.89. The van der Waals surface area contributed by atoms with Crippen LogP contribution in [0.25, 0.3) is 0 Å². The van der Waals surface area contributed by atoms with Gasteiger partial charge in [-0.3, -0.25) is 10.1 Å². The molecule has 4 rings (SSSR count). The second-order valence-electron chi connectivity index (χ2n) is 6.13. The number of hydrogen-bond acceptors (Lipinski definition) is 5. The van der Waals surface area contributed by atoms with Crippen LogP contribution in [0.15, 0.2) is 29.2 Å². The summed E-state index contributed by atoms with van der Waals surface area (Å²) in [6, 6.07) is 5.51. The minimum Gasteiger partial charge on any atom is -0.329 e. The molecule has 1 aromatic carbocycles. The molecular weight excluding hydrogens is 306 g/mol. The van der Waals surface area contributed by atoms with Gasteiger partial charge in [-0.15, -0.1) is 0 Å². The third-order valence-electron chi connectivity index (χ3n) is 5.00. The van der Waals surface area contributed by atoms with Crippen LogP contribution < -0.4 is 5.73 Å². The Morgan fingerprint density at radius 3 is 2.55 bits per heavy atom. The molecule has 0 atom stereocenters. The van der Waals surface area contributed by atoms with E-state index >= 15 is 0 Å². The lowest BCUT2D eigenvalue weighted by atomic mass is 9.72. The molecule has 0 radical (unpaired) electrons. The second kappa shape index (κ2) is 5.29. The zero-order chi connectivity index (χ0) is 16.0. The molecule has 1 aromatic rings. The van der Waals surface area contributed by atoms with Gasteiger partial charge in [0.25, 0.3) is 5.69 Å². The van der Waals surface area contributed by atoms with E-state index in [1.807, 2.05) is 0 Å². The summed E-state index contributed by atoms with van der Waals surface area (Å²) in [4.78, 5) is 10.3. The molecule has 3 fully saturated rings. The van der Waals surface area contributed by atoms with Crippen molar-refractivity contribution in [3.63, 3.8) is 0 Å². The monoisotopic (exact) mass is 325 g/mol. The Hall–Kier alpha value is -1.51. The number of rotatable bonds is 4. The molecule has 0 amide bonds. The normalized spacial score (nSPS) is 28.7. The fraction of sp³-hybridized carbons (Fsp3) is 0.571. The highest BCUT2D eigenvalue weighted by atomic mass is 32.2. The summed E-state index contributed by atoms with van der Waals surface area (Å²) in [5.74, 6) is 0.325. The van der Waals surface area contributed by atoms with Crippen molar-refractivity contribution < 1.29 is 13.3 Å². The first-order valence-corrected chi connectivity index (χ1v) is 8.81. The topological polar surface area (TPSA) is 107 Å². The summed E-state index contributed by atoms with van der Waals surface area (Å²) in [6.07, 6.45) is 3.41. The number of nitrogens with two attached hydrogens (primary N) is 1. The minimum absolute atomic E-state index is 0.236. The average Bonchev–Trinajstić information content (AvgIpc) is 2.55. The molecule has 1 aliphatic carbocycles. The number of piperidine rings is 2. The van der Waals surface area contributed by atoms with Crippen molar-refractivity contribution in [3.05, 3.63) is 34.4 Å². The summed E-state index contributed by atoms with van der Waals surface area (Å²) >= 11 is 0. The van der Waals surface area contributed by atoms with Crippen LogP contribution >= 0.6 is 0 Å². The summed E-state index contributed by atoms with van der Waals surface area (Å²) in [5.41, 5.74) is 4.93. The Balaban J connectivity index is 2.09. The average molecular weight is 325 g/mol. The number of nitro groups is 1. The molecule has 2 aliphatic heterocycles. The zero-order valence-electron chi connectivity index (χ0n) is 12.1. The maximum atomic E-state index is 13.0. The van der Waals surface area contributed by atoms with Gasteiger partial charge in [0.15, 0.2) is 4.90 Å². The van der Waals surface area contributed by atoms with Crippen LogP contribution in [0.5, 0.6) is 0 Å². The number of hydrogen-bond donors (Lipinski definition) is 1. The first kappa shape index (κ1) is 15.4. The van der Waals surface area contributed by atoms with E-state index in [0.29, 0.717) is 12.5 Å². The van der Waals surface area contributed by atoms with Crippen molar-refractivity contribution in [1.82, 2.24) is 4.31 Å². The first-order chi connectivity index (χ1) is 10.4. The molecule has 8 heteroatoms. The van der Waals surface area contributed by atoms with E-state index in [-0.39, 0.29) is 17.1 Å². The van der Waals surface area contributed by atoms with Gasteiger partial charge in [0, 0.05) is 24.7 Å². The molecule has 0 unspecified atom stereocenters. The summed E-state index contributed by atoms with van der Waals surface area (Å²) in [5, 5.41) is 11.2. The van der Waals surface area contributed by atoms with Gasteiger partial charge < -0.3 is 5.73 Å². The number of fused-ring (bicyclic) bond motifs is 3. The van der Waals surface area contributed by atoms with Crippen molar-refractivity contribution >= 4 is 15.7 Å². The molecule has 2 heterocycles. The summed E-state index contributed by atoms with van der Waals surface area (Å²) in [7, 11) is -3.93. The third-order valence-corrected chi connectivity index (χ3v) is 7.02. The Morgan fingerprint density at radius 2 is 1.95 bits per heavy atom. The number of para-hydroxylation sites is 1. The quantitative estimate of drug-likeness (QED) is 0.666. The smallest absolute Gasteiger partial charge is 0.289 e. The molecule has 2 saturated heterocycles. The lowest BCUT2D eigenvalue weighted by molar-refractivity contribution is -0.387. The predicted octanol–water partition coefficient (Wildman–Crippen LogP) is 1.49. The summed E-state index contributed by atoms with van der Waals surface area (Å²) < 4.78 is 27.5. The van der Waals surface area contributed by atoms with Crippen LogP contribution in [0.3, 0.4) is 0 Å². The Kier molecular flexibility index (Phi) is 3.70. The molecule has 22 heavy (non-hydrogen) atoms. The Morgan fingerprint density at radius 1 is 1.32 bits per heavy atom. The standard InChI is InChI=1S/C14H19N3O4S/c15-10-14-7-5-11(6-8-14)9-16(14)22(20,21)13-4-2-1-3-12(13)17(18)19/h1-4,11H,5-10,15H2. The highest BCUT2D eigenvalue weighted by Crippen LogP contribution is 2.45. The molecule has 0 spiro atoms. The molecule has 1 saturated carbocycles. The van der Waals surface area contributed by atoms with Gasteiger partial charge in [0.05, 0.1) is 4.92 Å². The number of nitro benzene ring substituents is 1. The maximum absolute atomic E-state index is 13.0. The van der Waals surface area contributed by atoms with E-state index in [4.69, 9.17) is 5.73 Å². The van der Waals surface area contributed by atoms with Gasteiger partial charge in [-0.25, -0.2) is 8.42 Å². The van der Waals surface area contributed by atoms with Gasteiger partial charge in [-0.05, 0) is 37.7 Å². The second-order valence-corrected chi connectivity index (χ2v) is 7.96. The molecule has 2 bridgehead atoms. The first-order valence-electron chi connectivity index (χ1n) is 7.37. The van der Waals surface area contributed by atoms with Crippen LogP contribution in [-0.4, -0.2) is 36.3 Å². The lowest BCUT2D eigenvalue weighted by Crippen LogP contribution is -2.63. The van der Waals surface area contributed by atoms with Crippen LogP contribution in [-0.2, 0) is 10.0 Å². The molecular formula is C14H19N3O4S. The van der Waals surface area contributed by atoms with Crippen molar-refractivity contribution in [3.8, 4) is 0 Å². The van der Waals surface area contributed by atoms with Crippen molar-refractivity contribution in [1.29, 1.82) is 0 Å². The van der Waals surface area contributed by atoms with Gasteiger partial charge in [-0.2, -0.15) is 4.31 Å². The number of benzene rings is 1. The largest absolute Gasteiger partial charge is 0.329 e. The van der Waals surface area contributed by atoms with E-state index < -0.39 is 20.5 Å². The third kappa shape index (κ3) is 2.22. The van der Waals surface area contributed by atoms with E-state index in [2.05, 4.69) is 0 Å². The van der Waals surface area contributed by atoms with E-state index in [1.165, 1.54) is 28.6 Å². The van der Waals surface area contributed by atoms with Gasteiger partial charge in [-0.1, -0.05) is 12.1 Å². The molecule has 120 valence electrons. The SMILES string of the molecule is NCC12CCC(CC1)CN2S(=O)(=O)c1ccccc1[N+](=O)[O-]. The van der Waals surface area contributed by atoms with E-state index in [0.717, 1.165) is 25.7 Å². The fourth-order valence-corrected chi connectivity index (χ4v) is 5.75.